The molecule has 0 fully saturated rings. The third-order valence-corrected chi connectivity index (χ3v) is 4.89. The van der Waals surface area contributed by atoms with Crippen molar-refractivity contribution in [1.29, 1.82) is 0 Å². The molecule has 0 unspecified atom stereocenters. The average Bonchev–Trinajstić information content (AvgIpc) is 3.28. The smallest absolute Gasteiger partial charge is 0.254 e. The van der Waals surface area contributed by atoms with Gasteiger partial charge in [-0.05, 0) is 48.0 Å². The highest BCUT2D eigenvalue weighted by Gasteiger charge is 2.12. The number of anilines is 1. The molecule has 5 rings (SSSR count). The zero-order chi connectivity index (χ0) is 22.1. The van der Waals surface area contributed by atoms with E-state index in [4.69, 9.17) is 19.3 Å². The Morgan fingerprint density at radius 1 is 0.969 bits per heavy atom. The highest BCUT2D eigenvalue weighted by Crippen LogP contribution is 2.25. The maximum Gasteiger partial charge on any atom is 0.254 e. The molecular formula is C24H17N3O5. The summed E-state index contributed by atoms with van der Waals surface area (Å²) in [5.74, 6) is 1.26. The number of fused-ring (bicyclic) bond motifs is 1. The molecule has 0 bridgehead atoms. The van der Waals surface area contributed by atoms with Crippen molar-refractivity contribution in [2.45, 2.75) is 6.61 Å². The lowest BCUT2D eigenvalue weighted by Gasteiger charge is -2.06. The highest BCUT2D eigenvalue weighted by atomic mass is 16.5. The van der Waals surface area contributed by atoms with E-state index in [1.165, 1.54) is 18.4 Å². The van der Waals surface area contributed by atoms with Crippen molar-refractivity contribution < 1.29 is 18.7 Å². The van der Waals surface area contributed by atoms with E-state index in [-0.39, 0.29) is 17.8 Å². The molecule has 3 aromatic carbocycles. The monoisotopic (exact) mass is 427 g/mol. The molecule has 5 aromatic rings. The van der Waals surface area contributed by atoms with Crippen LogP contribution in [0.2, 0.25) is 0 Å². The Balaban J connectivity index is 1.35. The number of hydrogen-bond acceptors (Lipinski definition) is 8. The summed E-state index contributed by atoms with van der Waals surface area (Å²) < 4.78 is 17.0. The van der Waals surface area contributed by atoms with Crippen molar-refractivity contribution in [3.8, 4) is 34.1 Å². The summed E-state index contributed by atoms with van der Waals surface area (Å²) in [6, 6.07) is 18.5. The van der Waals surface area contributed by atoms with E-state index in [0.29, 0.717) is 45.3 Å². The fraction of sp³-hybridized carbons (Fsp3) is 0.0417. The summed E-state index contributed by atoms with van der Waals surface area (Å²) in [4.78, 5) is 12.9. The third kappa shape index (κ3) is 3.77. The van der Waals surface area contributed by atoms with Gasteiger partial charge in [0.25, 0.3) is 5.89 Å². The molecular weight excluding hydrogens is 410 g/mol. The van der Waals surface area contributed by atoms with Crippen molar-refractivity contribution in [2.75, 3.05) is 5.73 Å². The summed E-state index contributed by atoms with van der Waals surface area (Å²) >= 11 is 0. The Bertz CT molecular complexity index is 1470. The number of phenols is 1. The van der Waals surface area contributed by atoms with Crippen LogP contribution in [0.15, 0.2) is 86.6 Å². The second kappa shape index (κ2) is 7.92. The number of ether oxygens (including phenoxy) is 1. The Kier molecular flexibility index (Phi) is 4.79. The minimum atomic E-state index is -0.174. The van der Waals surface area contributed by atoms with Gasteiger partial charge in [0.1, 0.15) is 23.3 Å². The molecule has 2 heterocycles. The van der Waals surface area contributed by atoms with Crippen LogP contribution in [0.1, 0.15) is 5.89 Å². The molecule has 0 aliphatic carbocycles. The van der Waals surface area contributed by atoms with Gasteiger partial charge in [0.05, 0.1) is 10.9 Å². The number of aromatic nitrogens is 2. The van der Waals surface area contributed by atoms with Gasteiger partial charge >= 0.3 is 0 Å². The first-order valence-electron chi connectivity index (χ1n) is 9.73. The fourth-order valence-electron chi connectivity index (χ4n) is 3.28. The Morgan fingerprint density at radius 2 is 1.81 bits per heavy atom. The van der Waals surface area contributed by atoms with Crippen LogP contribution < -0.4 is 15.9 Å². The van der Waals surface area contributed by atoms with Crippen molar-refractivity contribution in [3.05, 3.63) is 89.1 Å². The molecule has 0 saturated heterocycles. The molecule has 2 aromatic heterocycles. The molecule has 0 aliphatic heterocycles. The second-order valence-corrected chi connectivity index (χ2v) is 7.10. The van der Waals surface area contributed by atoms with Gasteiger partial charge in [-0.15, -0.1) is 10.2 Å². The molecule has 0 saturated carbocycles. The van der Waals surface area contributed by atoms with Crippen LogP contribution in [-0.4, -0.2) is 15.3 Å². The molecule has 158 valence electrons. The van der Waals surface area contributed by atoms with E-state index in [1.807, 2.05) is 6.07 Å². The van der Waals surface area contributed by atoms with Gasteiger partial charge in [-0.25, -0.2) is 0 Å². The number of nitrogens with two attached hydrogens (primary N) is 1. The number of hydrogen-bond donors (Lipinski definition) is 2. The van der Waals surface area contributed by atoms with E-state index in [2.05, 4.69) is 10.2 Å². The predicted octanol–water partition coefficient (Wildman–Crippen LogP) is 4.38. The lowest BCUT2D eigenvalue weighted by Crippen LogP contribution is -2.05. The maximum absolute atomic E-state index is 12.9. The lowest BCUT2D eigenvalue weighted by molar-refractivity contribution is 0.264. The molecule has 0 amide bonds. The number of phenolic OH excluding ortho intramolecular Hbond substituents is 1. The third-order valence-electron chi connectivity index (χ3n) is 4.89. The van der Waals surface area contributed by atoms with E-state index in [9.17, 15) is 9.90 Å². The molecule has 0 aliphatic rings. The van der Waals surface area contributed by atoms with E-state index < -0.39 is 0 Å². The molecule has 0 atom stereocenters. The number of aromatic hydroxyl groups is 1. The van der Waals surface area contributed by atoms with Crippen LogP contribution >= 0.6 is 0 Å². The molecule has 8 nitrogen and oxygen atoms in total. The molecule has 0 radical (unpaired) electrons. The number of nitrogens with zero attached hydrogens (tertiary/aromatic N) is 2. The first kappa shape index (κ1) is 19.4. The van der Waals surface area contributed by atoms with Gasteiger partial charge in [0.15, 0.2) is 12.0 Å². The maximum atomic E-state index is 12.9. The van der Waals surface area contributed by atoms with E-state index in [1.54, 1.807) is 48.5 Å². The van der Waals surface area contributed by atoms with Gasteiger partial charge in [0, 0.05) is 17.3 Å². The topological polar surface area (TPSA) is 125 Å². The molecule has 0 spiro atoms. The van der Waals surface area contributed by atoms with E-state index in [0.717, 1.165) is 5.56 Å². The number of nitrogen functional groups attached to an aromatic ring is 1. The predicted molar refractivity (Wildman–Crippen MR) is 118 cm³/mol. The van der Waals surface area contributed by atoms with E-state index >= 15 is 0 Å². The van der Waals surface area contributed by atoms with Gasteiger partial charge in [0.2, 0.25) is 5.89 Å². The van der Waals surface area contributed by atoms with Gasteiger partial charge < -0.3 is 24.4 Å². The lowest BCUT2D eigenvalue weighted by atomic mass is 10.1. The van der Waals surface area contributed by atoms with Crippen LogP contribution in [0.4, 0.5) is 5.69 Å². The van der Waals surface area contributed by atoms with Crippen LogP contribution in [0.3, 0.4) is 0 Å². The summed E-state index contributed by atoms with van der Waals surface area (Å²) in [6.07, 6.45) is 1.40. The number of rotatable bonds is 5. The quantitative estimate of drug-likeness (QED) is 0.396. The molecule has 32 heavy (non-hydrogen) atoms. The summed E-state index contributed by atoms with van der Waals surface area (Å²) in [6.45, 7) is 0.0522. The Morgan fingerprint density at radius 3 is 2.62 bits per heavy atom. The van der Waals surface area contributed by atoms with Crippen LogP contribution in [-0.2, 0) is 6.61 Å². The van der Waals surface area contributed by atoms with Crippen molar-refractivity contribution in [3.63, 3.8) is 0 Å². The minimum absolute atomic E-state index is 0.0522. The minimum Gasteiger partial charge on any atom is -0.508 e. The molecule has 8 heteroatoms. The normalized spacial score (nSPS) is 11.0. The van der Waals surface area contributed by atoms with Gasteiger partial charge in [-0.1, -0.05) is 18.2 Å². The zero-order valence-corrected chi connectivity index (χ0v) is 16.7. The van der Waals surface area contributed by atoms with Crippen LogP contribution in [0, 0.1) is 0 Å². The zero-order valence-electron chi connectivity index (χ0n) is 16.7. The summed E-state index contributed by atoms with van der Waals surface area (Å²) in [5.41, 5.74) is 8.39. The summed E-state index contributed by atoms with van der Waals surface area (Å²) in [7, 11) is 0. The SMILES string of the molecule is Nc1cccc(-c2nnc(COc3ccc4c(=O)c(-c5ccc(O)cc5)coc4c3)o2)c1. The fourth-order valence-corrected chi connectivity index (χ4v) is 3.28. The van der Waals surface area contributed by atoms with Crippen molar-refractivity contribution in [2.24, 2.45) is 0 Å². The highest BCUT2D eigenvalue weighted by molar-refractivity contribution is 5.82. The Labute approximate surface area is 181 Å². The number of benzene rings is 3. The second-order valence-electron chi connectivity index (χ2n) is 7.10. The van der Waals surface area contributed by atoms with Crippen LogP contribution in [0.25, 0.3) is 33.6 Å². The average molecular weight is 427 g/mol. The largest absolute Gasteiger partial charge is 0.508 e. The van der Waals surface area contributed by atoms with Crippen molar-refractivity contribution >= 4 is 16.7 Å². The van der Waals surface area contributed by atoms with Crippen molar-refractivity contribution in [1.82, 2.24) is 10.2 Å². The first-order chi connectivity index (χ1) is 15.6. The van der Waals surface area contributed by atoms with Gasteiger partial charge in [-0.2, -0.15) is 0 Å². The Hall–Kier alpha value is -4.59. The first-order valence-corrected chi connectivity index (χ1v) is 9.73. The molecule has 3 N–H and O–H groups in total. The van der Waals surface area contributed by atoms with Gasteiger partial charge in [-0.3, -0.25) is 4.79 Å². The standard InChI is InChI=1S/C24H17N3O5/c25-16-3-1-2-15(10-16)24-27-26-22(32-24)13-30-18-8-9-19-21(11-18)31-12-20(23(19)29)14-4-6-17(28)7-5-14/h1-12,28H,13,25H2. The summed E-state index contributed by atoms with van der Waals surface area (Å²) in [5, 5.41) is 17.9. The van der Waals surface area contributed by atoms with Crippen LogP contribution in [0.5, 0.6) is 11.5 Å².